The van der Waals surface area contributed by atoms with E-state index in [1.54, 1.807) is 48.5 Å². The maximum Gasteiger partial charge on any atom is 2.00 e. The van der Waals surface area contributed by atoms with Gasteiger partial charge in [0.25, 0.3) is 11.9 Å². The Morgan fingerprint density at radius 1 is 0.826 bits per heavy atom. The quantitative estimate of drug-likeness (QED) is 0.323. The van der Waals surface area contributed by atoms with Crippen LogP contribution in [0, 0.1) is 6.92 Å². The van der Waals surface area contributed by atoms with Crippen molar-refractivity contribution in [2.45, 2.75) is 71.9 Å². The maximum atomic E-state index is 11.4. The Morgan fingerprint density at radius 2 is 1.00 bits per heavy atom. The van der Waals surface area contributed by atoms with Crippen molar-refractivity contribution in [1.29, 1.82) is 0 Å². The van der Waals surface area contributed by atoms with Crippen molar-refractivity contribution in [3.05, 3.63) is 6.92 Å². The predicted octanol–water partition coefficient (Wildman–Crippen LogP) is -3.41. The Morgan fingerprint density at radius 3 is 1.13 bits per heavy atom. The normalized spacial score (nSPS) is 12.6. The van der Waals surface area contributed by atoms with Crippen molar-refractivity contribution in [3.8, 4) is 0 Å². The van der Waals surface area contributed by atoms with E-state index in [1.165, 1.54) is 0 Å². The topological polar surface area (TPSA) is 98.7 Å². The van der Waals surface area contributed by atoms with Gasteiger partial charge in [0, 0.05) is 19.5 Å². The number of halogens is 1. The first-order valence-corrected chi connectivity index (χ1v) is 6.31. The van der Waals surface area contributed by atoms with Crippen LogP contribution in [-0.4, -0.2) is 58.4 Å². The summed E-state index contributed by atoms with van der Waals surface area (Å²) in [5.41, 5.74) is -1.76. The fourth-order valence-electron chi connectivity index (χ4n) is 0.967. The second kappa shape index (κ2) is 15.0. The van der Waals surface area contributed by atoms with Gasteiger partial charge < -0.3 is 36.7 Å². The van der Waals surface area contributed by atoms with Gasteiger partial charge in [-0.1, -0.05) is 13.8 Å². The molecule has 0 aliphatic rings. The monoisotopic (exact) mass is 456 g/mol. The third kappa shape index (κ3) is 18.9. The van der Waals surface area contributed by atoms with E-state index in [1.807, 2.05) is 0 Å². The molecule has 0 rings (SSSR count). The van der Waals surface area contributed by atoms with Crippen LogP contribution in [0.3, 0.4) is 0 Å². The van der Waals surface area contributed by atoms with Crippen molar-refractivity contribution in [2.24, 2.45) is 0 Å². The molecular formula is C14H25BrMgO6Zn-. The molecule has 2 atom stereocenters. The molecule has 0 spiro atoms. The summed E-state index contributed by atoms with van der Waals surface area (Å²) in [7, 11) is 0. The molecule has 0 bridgehead atoms. The second-order valence-electron chi connectivity index (χ2n) is 5.91. The van der Waals surface area contributed by atoms with Gasteiger partial charge in [0.15, 0.2) is 0 Å². The summed E-state index contributed by atoms with van der Waals surface area (Å²) in [4.78, 5) is 22.7. The molecule has 0 aliphatic carbocycles. The molecule has 0 unspecified atom stereocenters. The Hall–Kier alpha value is 0.730. The van der Waals surface area contributed by atoms with Crippen LogP contribution in [-0.2, 0) is 38.5 Å². The van der Waals surface area contributed by atoms with Gasteiger partial charge in [-0.2, -0.15) is 0 Å². The molecule has 0 saturated heterocycles. The van der Waals surface area contributed by atoms with Gasteiger partial charge in [-0.15, -0.1) is 0 Å². The molecule has 0 fully saturated rings. The minimum absolute atomic E-state index is 0. The molecule has 1 radical (unpaired) electrons. The first-order chi connectivity index (χ1) is 8.83. The SMILES string of the molecule is CC(C)(C)OC(=O)[C@H]([O-])[C@@H]([O-])C(=O)OC(C)(C)C.[Br-].[CH2]C.[Mg+2].[Zn]. The molecular weight excluding hydrogens is 434 g/mol. The van der Waals surface area contributed by atoms with E-state index in [9.17, 15) is 19.8 Å². The van der Waals surface area contributed by atoms with E-state index in [2.05, 4.69) is 6.92 Å². The van der Waals surface area contributed by atoms with Gasteiger partial charge in [0.2, 0.25) is 0 Å². The molecule has 0 aromatic carbocycles. The van der Waals surface area contributed by atoms with Crippen LogP contribution in [0.4, 0.5) is 0 Å². The molecule has 0 amide bonds. The Balaban J connectivity index is -0.000000207. The summed E-state index contributed by atoms with van der Waals surface area (Å²) in [6.45, 7) is 14.4. The smallest absolute Gasteiger partial charge is 1.00 e. The molecule has 0 saturated carbocycles. The standard InChI is InChI=1S/C12H20O6.C2H5.BrH.Mg.Zn/c1-11(2,3)17-9(15)7(13)8(14)10(16)18-12(4,5)6;1-2;;;/h7-8H,1-6H3;1H2,2H3;1H;;/q-2;;;+2;/p-1/t7-,8-;;;;/m1..../s1. The number of carbonyl (C=O) groups is 2. The van der Waals surface area contributed by atoms with Crippen LogP contribution in [0.25, 0.3) is 0 Å². The van der Waals surface area contributed by atoms with Gasteiger partial charge in [0.05, 0.1) is 0 Å². The molecule has 0 heterocycles. The van der Waals surface area contributed by atoms with Gasteiger partial charge >= 0.3 is 23.1 Å². The van der Waals surface area contributed by atoms with E-state index in [0.29, 0.717) is 0 Å². The van der Waals surface area contributed by atoms with Crippen LogP contribution < -0.4 is 27.2 Å². The molecule has 0 aromatic heterocycles. The first kappa shape index (κ1) is 34.9. The molecule has 0 N–H and O–H groups in total. The van der Waals surface area contributed by atoms with E-state index in [-0.39, 0.29) is 59.5 Å². The number of carbonyl (C=O) groups excluding carboxylic acids is 2. The zero-order chi connectivity index (χ0) is 16.7. The van der Waals surface area contributed by atoms with Crippen molar-refractivity contribution in [3.63, 3.8) is 0 Å². The number of rotatable bonds is 3. The van der Waals surface area contributed by atoms with E-state index in [4.69, 9.17) is 9.47 Å². The van der Waals surface area contributed by atoms with Crippen LogP contribution in [0.1, 0.15) is 48.5 Å². The molecule has 9 heteroatoms. The van der Waals surface area contributed by atoms with Crippen molar-refractivity contribution in [2.75, 3.05) is 0 Å². The summed E-state index contributed by atoms with van der Waals surface area (Å²) < 4.78 is 9.48. The molecule has 23 heavy (non-hydrogen) atoms. The van der Waals surface area contributed by atoms with Crippen LogP contribution in [0.2, 0.25) is 0 Å². The van der Waals surface area contributed by atoms with E-state index < -0.39 is 35.3 Å². The van der Waals surface area contributed by atoms with Gasteiger partial charge in [-0.05, 0) is 53.8 Å². The fraction of sp³-hybridized carbons (Fsp3) is 0.786. The van der Waals surface area contributed by atoms with Crippen molar-refractivity contribution in [1.82, 2.24) is 0 Å². The van der Waals surface area contributed by atoms with Gasteiger partial charge in [-0.3, -0.25) is 9.59 Å². The third-order valence-corrected chi connectivity index (χ3v) is 1.55. The zero-order valence-corrected chi connectivity index (χ0v) is 21.1. The van der Waals surface area contributed by atoms with Gasteiger partial charge in [-0.25, -0.2) is 0 Å². The minimum Gasteiger partial charge on any atom is -1.00 e. The van der Waals surface area contributed by atoms with E-state index in [0.717, 1.165) is 0 Å². The summed E-state index contributed by atoms with van der Waals surface area (Å²) in [6, 6.07) is 0. The van der Waals surface area contributed by atoms with Gasteiger partial charge in [0.1, 0.15) is 11.2 Å². The summed E-state index contributed by atoms with van der Waals surface area (Å²) >= 11 is 0. The molecule has 129 valence electrons. The number of ether oxygens (including phenoxy) is 2. The average Bonchev–Trinajstić information content (AvgIpc) is 2.25. The molecule has 6 nitrogen and oxygen atoms in total. The minimum atomic E-state index is -2.32. The Bertz CT molecular complexity index is 296. The predicted molar refractivity (Wildman–Crippen MR) is 76.1 cm³/mol. The fourth-order valence-corrected chi connectivity index (χ4v) is 0.967. The van der Waals surface area contributed by atoms with Crippen LogP contribution in [0.15, 0.2) is 0 Å². The average molecular weight is 459 g/mol. The molecule has 0 aliphatic heterocycles. The zero-order valence-electron chi connectivity index (χ0n) is 15.1. The Labute approximate surface area is 178 Å². The number of hydrogen-bond acceptors (Lipinski definition) is 6. The summed E-state index contributed by atoms with van der Waals surface area (Å²) in [5.74, 6) is -2.48. The summed E-state index contributed by atoms with van der Waals surface area (Å²) in [6.07, 6.45) is -4.64. The maximum absolute atomic E-state index is 11.4. The second-order valence-corrected chi connectivity index (χ2v) is 5.91. The number of esters is 2. The van der Waals surface area contributed by atoms with Crippen LogP contribution in [0.5, 0.6) is 0 Å². The van der Waals surface area contributed by atoms with E-state index >= 15 is 0 Å². The number of hydrogen-bond donors (Lipinski definition) is 0. The first-order valence-electron chi connectivity index (χ1n) is 6.31. The molecule has 0 aromatic rings. The third-order valence-electron chi connectivity index (χ3n) is 1.55. The summed E-state index contributed by atoms with van der Waals surface area (Å²) in [5, 5.41) is 22.9. The van der Waals surface area contributed by atoms with Crippen molar-refractivity contribution < 1.29 is 65.7 Å². The van der Waals surface area contributed by atoms with Crippen LogP contribution >= 0.6 is 0 Å². The largest absolute Gasteiger partial charge is 2.00 e. The Kier molecular flexibility index (Phi) is 22.8. The van der Waals surface area contributed by atoms with Crippen molar-refractivity contribution >= 4 is 35.0 Å².